The summed E-state index contributed by atoms with van der Waals surface area (Å²) in [7, 11) is 0. The normalized spacial score (nSPS) is 19.9. The third-order valence-electron chi connectivity index (χ3n) is 3.56. The van der Waals surface area contributed by atoms with Crippen molar-refractivity contribution >= 4 is 11.9 Å². The van der Waals surface area contributed by atoms with E-state index in [0.29, 0.717) is 25.1 Å². The van der Waals surface area contributed by atoms with Gasteiger partial charge in [0, 0.05) is 13.1 Å². The Hall–Kier alpha value is -2.11. The summed E-state index contributed by atoms with van der Waals surface area (Å²) in [5.41, 5.74) is 0. The van der Waals surface area contributed by atoms with Crippen molar-refractivity contribution in [2.45, 2.75) is 25.9 Å². The highest BCUT2D eigenvalue weighted by Crippen LogP contribution is 2.19. The second-order valence-corrected chi connectivity index (χ2v) is 5.18. The van der Waals surface area contributed by atoms with Gasteiger partial charge in [0.05, 0.1) is 5.92 Å². The molecule has 114 valence electrons. The van der Waals surface area contributed by atoms with Crippen LogP contribution in [0.3, 0.4) is 0 Å². The van der Waals surface area contributed by atoms with Crippen molar-refractivity contribution in [2.24, 2.45) is 5.92 Å². The number of hydrogen-bond acceptors (Lipinski definition) is 3. The lowest BCUT2D eigenvalue weighted by Crippen LogP contribution is -2.47. The molecule has 0 spiro atoms. The first-order chi connectivity index (χ1) is 9.97. The number of benzene rings is 1. The number of carboxylic acid groups (broad SMARTS) is 1. The van der Waals surface area contributed by atoms with Crippen LogP contribution in [0.15, 0.2) is 24.3 Å². The molecule has 1 amide bonds. The fourth-order valence-corrected chi connectivity index (χ4v) is 2.40. The number of halogens is 1. The molecule has 1 N–H and O–H groups in total. The van der Waals surface area contributed by atoms with Gasteiger partial charge in [-0.05, 0) is 44.0 Å². The zero-order valence-corrected chi connectivity index (χ0v) is 11.8. The van der Waals surface area contributed by atoms with Gasteiger partial charge in [0.1, 0.15) is 11.6 Å². The van der Waals surface area contributed by atoms with E-state index in [1.165, 1.54) is 29.2 Å². The molecule has 1 saturated heterocycles. The molecule has 0 aromatic heterocycles. The summed E-state index contributed by atoms with van der Waals surface area (Å²) in [4.78, 5) is 24.8. The third kappa shape index (κ3) is 3.93. The van der Waals surface area contributed by atoms with Crippen molar-refractivity contribution in [1.29, 1.82) is 0 Å². The second kappa shape index (κ2) is 6.56. The van der Waals surface area contributed by atoms with Crippen molar-refractivity contribution < 1.29 is 23.8 Å². The number of rotatable bonds is 4. The fourth-order valence-electron chi connectivity index (χ4n) is 2.40. The number of amides is 1. The Morgan fingerprint density at radius 3 is 2.67 bits per heavy atom. The smallest absolute Gasteiger partial charge is 0.308 e. The van der Waals surface area contributed by atoms with Gasteiger partial charge in [-0.15, -0.1) is 0 Å². The Morgan fingerprint density at radius 1 is 1.38 bits per heavy atom. The van der Waals surface area contributed by atoms with E-state index in [9.17, 15) is 14.0 Å². The fraction of sp³-hybridized carbons (Fsp3) is 0.467. The average molecular weight is 295 g/mol. The molecule has 0 saturated carbocycles. The van der Waals surface area contributed by atoms with Crippen LogP contribution in [0.4, 0.5) is 4.39 Å². The Labute approximate surface area is 122 Å². The molecule has 0 radical (unpaired) electrons. The minimum absolute atomic E-state index is 0.214. The topological polar surface area (TPSA) is 66.8 Å². The molecular weight excluding hydrogens is 277 g/mol. The van der Waals surface area contributed by atoms with Crippen LogP contribution in [0.2, 0.25) is 0 Å². The zero-order valence-electron chi connectivity index (χ0n) is 11.8. The third-order valence-corrected chi connectivity index (χ3v) is 3.56. The van der Waals surface area contributed by atoms with Crippen molar-refractivity contribution in [3.05, 3.63) is 30.1 Å². The summed E-state index contributed by atoms with van der Waals surface area (Å²) < 4.78 is 18.3. The Bertz CT molecular complexity index is 517. The molecule has 0 bridgehead atoms. The standard InChI is InChI=1S/C15H18FNO4/c1-10(21-13-6-4-12(16)5-7-13)14(18)17-8-2-3-11(9-17)15(19)20/h4-7,10-11H,2-3,8-9H2,1H3,(H,19,20)/t10-,11+/m0/s1. The molecule has 1 aromatic carbocycles. The molecule has 1 aliphatic heterocycles. The highest BCUT2D eigenvalue weighted by atomic mass is 19.1. The zero-order chi connectivity index (χ0) is 15.4. The van der Waals surface area contributed by atoms with E-state index >= 15 is 0 Å². The lowest BCUT2D eigenvalue weighted by atomic mass is 9.98. The SMILES string of the molecule is C[C@H](Oc1ccc(F)cc1)C(=O)N1CCC[C@@H](C(=O)O)C1. The van der Waals surface area contributed by atoms with Crippen LogP contribution in [0.1, 0.15) is 19.8 Å². The molecule has 1 heterocycles. The number of piperidine rings is 1. The van der Waals surface area contributed by atoms with Crippen molar-refractivity contribution in [3.8, 4) is 5.75 Å². The number of carboxylic acids is 1. The van der Waals surface area contributed by atoms with E-state index in [-0.39, 0.29) is 18.3 Å². The number of likely N-dealkylation sites (tertiary alicyclic amines) is 1. The summed E-state index contributed by atoms with van der Waals surface area (Å²) in [5.74, 6) is -1.60. The van der Waals surface area contributed by atoms with Gasteiger partial charge in [0.2, 0.25) is 0 Å². The van der Waals surface area contributed by atoms with Gasteiger partial charge in [-0.2, -0.15) is 0 Å². The Kier molecular flexibility index (Phi) is 4.77. The maximum Gasteiger partial charge on any atom is 0.308 e. The summed E-state index contributed by atoms with van der Waals surface area (Å²) >= 11 is 0. The van der Waals surface area contributed by atoms with E-state index < -0.39 is 18.0 Å². The van der Waals surface area contributed by atoms with Crippen LogP contribution in [0, 0.1) is 11.7 Å². The molecule has 1 aliphatic rings. The van der Waals surface area contributed by atoms with Gasteiger partial charge < -0.3 is 14.7 Å². The van der Waals surface area contributed by atoms with Crippen LogP contribution in [-0.2, 0) is 9.59 Å². The van der Waals surface area contributed by atoms with E-state index in [4.69, 9.17) is 9.84 Å². The van der Waals surface area contributed by atoms with Crippen molar-refractivity contribution in [1.82, 2.24) is 4.90 Å². The van der Waals surface area contributed by atoms with E-state index in [1.807, 2.05) is 0 Å². The summed E-state index contributed by atoms with van der Waals surface area (Å²) in [6.45, 7) is 2.36. The molecule has 1 aromatic rings. The van der Waals surface area contributed by atoms with Gasteiger partial charge in [-0.1, -0.05) is 0 Å². The van der Waals surface area contributed by atoms with Crippen LogP contribution < -0.4 is 4.74 Å². The van der Waals surface area contributed by atoms with Crippen LogP contribution in [0.25, 0.3) is 0 Å². The molecule has 1 fully saturated rings. The number of carbonyl (C=O) groups is 2. The Morgan fingerprint density at radius 2 is 2.05 bits per heavy atom. The number of nitrogens with zero attached hydrogens (tertiary/aromatic N) is 1. The van der Waals surface area contributed by atoms with Gasteiger partial charge in [-0.25, -0.2) is 4.39 Å². The molecular formula is C15H18FNO4. The predicted molar refractivity (Wildman–Crippen MR) is 73.4 cm³/mol. The van der Waals surface area contributed by atoms with Gasteiger partial charge in [0.25, 0.3) is 5.91 Å². The molecule has 0 unspecified atom stereocenters. The average Bonchev–Trinajstić information content (AvgIpc) is 2.49. The quantitative estimate of drug-likeness (QED) is 0.921. The van der Waals surface area contributed by atoms with E-state index in [2.05, 4.69) is 0 Å². The van der Waals surface area contributed by atoms with Crippen LogP contribution in [-0.4, -0.2) is 41.1 Å². The summed E-state index contributed by atoms with van der Waals surface area (Å²) in [5, 5.41) is 9.03. The van der Waals surface area contributed by atoms with Crippen LogP contribution in [0.5, 0.6) is 5.75 Å². The highest BCUT2D eigenvalue weighted by Gasteiger charge is 2.30. The van der Waals surface area contributed by atoms with Crippen LogP contribution >= 0.6 is 0 Å². The number of hydrogen-bond donors (Lipinski definition) is 1. The molecule has 6 heteroatoms. The minimum Gasteiger partial charge on any atom is -0.481 e. The monoisotopic (exact) mass is 295 g/mol. The summed E-state index contributed by atoms with van der Waals surface area (Å²) in [6, 6.07) is 5.42. The first-order valence-corrected chi connectivity index (χ1v) is 6.91. The highest BCUT2D eigenvalue weighted by molar-refractivity contribution is 5.82. The lowest BCUT2D eigenvalue weighted by Gasteiger charge is -2.32. The minimum atomic E-state index is -0.875. The Balaban J connectivity index is 1.95. The number of ether oxygens (including phenoxy) is 1. The van der Waals surface area contributed by atoms with Gasteiger partial charge >= 0.3 is 5.97 Å². The lowest BCUT2D eigenvalue weighted by molar-refractivity contribution is -0.147. The van der Waals surface area contributed by atoms with Gasteiger partial charge in [0.15, 0.2) is 6.10 Å². The van der Waals surface area contributed by atoms with E-state index in [1.54, 1.807) is 6.92 Å². The second-order valence-electron chi connectivity index (χ2n) is 5.18. The number of aliphatic carboxylic acids is 1. The maximum absolute atomic E-state index is 12.8. The van der Waals surface area contributed by atoms with Crippen molar-refractivity contribution in [2.75, 3.05) is 13.1 Å². The van der Waals surface area contributed by atoms with Gasteiger partial charge in [-0.3, -0.25) is 9.59 Å². The maximum atomic E-state index is 12.8. The molecule has 2 rings (SSSR count). The first-order valence-electron chi connectivity index (χ1n) is 6.91. The molecule has 5 nitrogen and oxygen atoms in total. The first kappa shape index (κ1) is 15.3. The molecule has 0 aliphatic carbocycles. The molecule has 21 heavy (non-hydrogen) atoms. The van der Waals surface area contributed by atoms with Crippen molar-refractivity contribution in [3.63, 3.8) is 0 Å². The van der Waals surface area contributed by atoms with E-state index in [0.717, 1.165) is 0 Å². The predicted octanol–water partition coefficient (Wildman–Crippen LogP) is 1.92. The molecule has 2 atom stereocenters. The number of carbonyl (C=O) groups excluding carboxylic acids is 1. The summed E-state index contributed by atoms with van der Waals surface area (Å²) in [6.07, 6.45) is 0.529. The largest absolute Gasteiger partial charge is 0.481 e.